The lowest BCUT2D eigenvalue weighted by molar-refractivity contribution is 0.0228. The molecule has 0 aromatic carbocycles. The van der Waals surface area contributed by atoms with Gasteiger partial charge in [-0.25, -0.2) is 4.79 Å². The van der Waals surface area contributed by atoms with E-state index in [2.05, 4.69) is 20.8 Å². The first-order valence-electron chi connectivity index (χ1n) is 6.91. The molecule has 0 radical (unpaired) electrons. The van der Waals surface area contributed by atoms with Crippen LogP contribution in [0.3, 0.4) is 0 Å². The molecule has 2 N–H and O–H groups in total. The van der Waals surface area contributed by atoms with Gasteiger partial charge in [-0.2, -0.15) is 0 Å². The Morgan fingerprint density at radius 3 is 2.28 bits per heavy atom. The van der Waals surface area contributed by atoms with E-state index in [1.165, 1.54) is 0 Å². The van der Waals surface area contributed by atoms with Crippen LogP contribution in [0.25, 0.3) is 0 Å². The molecule has 1 atom stereocenters. The number of ether oxygens (including phenoxy) is 1. The van der Waals surface area contributed by atoms with Crippen LogP contribution >= 0.6 is 0 Å². The highest BCUT2D eigenvalue weighted by Gasteiger charge is 2.23. The third-order valence-corrected chi connectivity index (χ3v) is 2.72. The molecule has 1 unspecified atom stereocenters. The molecule has 0 aromatic rings. The molecular formula is C14H30N2O2. The van der Waals surface area contributed by atoms with Crippen molar-refractivity contribution < 1.29 is 9.53 Å². The SMILES string of the molecule is CCCCN(CC(N)C(C)C)C(=O)OC(C)(C)C. The fourth-order valence-corrected chi connectivity index (χ4v) is 1.40. The van der Waals surface area contributed by atoms with Crippen molar-refractivity contribution in [2.75, 3.05) is 13.1 Å². The van der Waals surface area contributed by atoms with Gasteiger partial charge in [0, 0.05) is 19.1 Å². The zero-order valence-electron chi connectivity index (χ0n) is 12.8. The van der Waals surface area contributed by atoms with E-state index < -0.39 is 5.60 Å². The van der Waals surface area contributed by atoms with Crippen LogP contribution in [0.4, 0.5) is 4.79 Å². The van der Waals surface area contributed by atoms with E-state index in [0.717, 1.165) is 12.8 Å². The van der Waals surface area contributed by atoms with Crippen LogP contribution in [0.15, 0.2) is 0 Å². The molecule has 0 bridgehead atoms. The molecule has 0 aliphatic carbocycles. The number of nitrogens with zero attached hydrogens (tertiary/aromatic N) is 1. The smallest absolute Gasteiger partial charge is 0.410 e. The van der Waals surface area contributed by atoms with Crippen molar-refractivity contribution in [1.82, 2.24) is 4.90 Å². The van der Waals surface area contributed by atoms with Gasteiger partial charge in [-0.3, -0.25) is 0 Å². The molecule has 0 rings (SSSR count). The summed E-state index contributed by atoms with van der Waals surface area (Å²) in [5.74, 6) is 0.358. The number of hydrogen-bond acceptors (Lipinski definition) is 3. The fraction of sp³-hybridized carbons (Fsp3) is 0.929. The highest BCUT2D eigenvalue weighted by atomic mass is 16.6. The summed E-state index contributed by atoms with van der Waals surface area (Å²) in [6, 6.07) is -0.00521. The fourth-order valence-electron chi connectivity index (χ4n) is 1.40. The van der Waals surface area contributed by atoms with E-state index in [4.69, 9.17) is 10.5 Å². The Kier molecular flexibility index (Phi) is 7.29. The number of carbonyl (C=O) groups is 1. The van der Waals surface area contributed by atoms with Gasteiger partial charge < -0.3 is 15.4 Å². The summed E-state index contributed by atoms with van der Waals surface area (Å²) in [5.41, 5.74) is 5.59. The maximum absolute atomic E-state index is 12.1. The van der Waals surface area contributed by atoms with Gasteiger partial charge in [0.1, 0.15) is 5.60 Å². The van der Waals surface area contributed by atoms with E-state index in [9.17, 15) is 4.79 Å². The van der Waals surface area contributed by atoms with Gasteiger partial charge in [-0.15, -0.1) is 0 Å². The average Bonchev–Trinajstić information content (AvgIpc) is 2.20. The summed E-state index contributed by atoms with van der Waals surface area (Å²) in [5, 5.41) is 0. The standard InChI is InChI=1S/C14H30N2O2/c1-7-8-9-16(10-12(15)11(2)3)13(17)18-14(4,5)6/h11-12H,7-10,15H2,1-6H3. The third-order valence-electron chi connectivity index (χ3n) is 2.72. The minimum Gasteiger partial charge on any atom is -0.444 e. The van der Waals surface area contributed by atoms with E-state index in [-0.39, 0.29) is 12.1 Å². The number of nitrogens with two attached hydrogens (primary N) is 1. The summed E-state index contributed by atoms with van der Waals surface area (Å²) in [6.07, 6.45) is 1.77. The molecule has 0 saturated heterocycles. The first kappa shape index (κ1) is 17.2. The zero-order chi connectivity index (χ0) is 14.3. The minimum atomic E-state index is -0.455. The van der Waals surface area contributed by atoms with Crippen molar-refractivity contribution in [2.24, 2.45) is 11.7 Å². The van der Waals surface area contributed by atoms with Gasteiger partial charge in [-0.05, 0) is 33.1 Å². The molecule has 0 fully saturated rings. The Morgan fingerprint density at radius 1 is 1.33 bits per heavy atom. The van der Waals surface area contributed by atoms with Gasteiger partial charge >= 0.3 is 6.09 Å². The summed E-state index contributed by atoms with van der Waals surface area (Å²) in [7, 11) is 0. The topological polar surface area (TPSA) is 55.6 Å². The highest BCUT2D eigenvalue weighted by Crippen LogP contribution is 2.12. The molecule has 0 aliphatic heterocycles. The van der Waals surface area contributed by atoms with Crippen LogP contribution in [-0.4, -0.2) is 35.7 Å². The van der Waals surface area contributed by atoms with E-state index in [1.54, 1.807) is 4.90 Å². The van der Waals surface area contributed by atoms with Gasteiger partial charge in [0.25, 0.3) is 0 Å². The number of carbonyl (C=O) groups excluding carboxylic acids is 1. The minimum absolute atomic E-state index is 0.00521. The van der Waals surface area contributed by atoms with Gasteiger partial charge in [0.2, 0.25) is 0 Å². The Balaban J connectivity index is 4.51. The van der Waals surface area contributed by atoms with Crippen molar-refractivity contribution in [3.63, 3.8) is 0 Å². The Labute approximate surface area is 112 Å². The number of rotatable bonds is 6. The lowest BCUT2D eigenvalue weighted by atomic mass is 10.1. The Bertz CT molecular complexity index is 247. The van der Waals surface area contributed by atoms with Crippen LogP contribution in [0.2, 0.25) is 0 Å². The van der Waals surface area contributed by atoms with Crippen molar-refractivity contribution >= 4 is 6.09 Å². The van der Waals surface area contributed by atoms with Crippen LogP contribution < -0.4 is 5.73 Å². The first-order valence-corrected chi connectivity index (χ1v) is 6.91. The van der Waals surface area contributed by atoms with Crippen LogP contribution in [0, 0.1) is 5.92 Å². The molecule has 0 heterocycles. The second-order valence-electron chi connectivity index (χ2n) is 6.19. The molecule has 4 heteroatoms. The lowest BCUT2D eigenvalue weighted by Crippen LogP contribution is -2.45. The van der Waals surface area contributed by atoms with Gasteiger partial charge in [0.05, 0.1) is 0 Å². The van der Waals surface area contributed by atoms with Crippen LogP contribution in [0.5, 0.6) is 0 Å². The number of hydrogen-bond donors (Lipinski definition) is 1. The second kappa shape index (κ2) is 7.62. The van der Waals surface area contributed by atoms with E-state index in [1.807, 2.05) is 20.8 Å². The van der Waals surface area contributed by atoms with Crippen molar-refractivity contribution in [1.29, 1.82) is 0 Å². The molecule has 4 nitrogen and oxygen atoms in total. The molecule has 0 aliphatic rings. The maximum atomic E-state index is 12.1. The normalized spacial score (nSPS) is 13.6. The van der Waals surface area contributed by atoms with E-state index in [0.29, 0.717) is 19.0 Å². The van der Waals surface area contributed by atoms with Crippen molar-refractivity contribution in [2.45, 2.75) is 66.0 Å². The van der Waals surface area contributed by atoms with Crippen LogP contribution in [0.1, 0.15) is 54.4 Å². The molecule has 108 valence electrons. The van der Waals surface area contributed by atoms with Gasteiger partial charge in [-0.1, -0.05) is 27.2 Å². The largest absolute Gasteiger partial charge is 0.444 e. The predicted octanol–water partition coefficient (Wildman–Crippen LogP) is 3.01. The summed E-state index contributed by atoms with van der Waals surface area (Å²) >= 11 is 0. The van der Waals surface area contributed by atoms with E-state index >= 15 is 0 Å². The van der Waals surface area contributed by atoms with Crippen molar-refractivity contribution in [3.05, 3.63) is 0 Å². The Morgan fingerprint density at radius 2 is 1.89 bits per heavy atom. The summed E-state index contributed by atoms with van der Waals surface area (Å²) in [4.78, 5) is 13.8. The zero-order valence-corrected chi connectivity index (χ0v) is 12.8. The molecule has 0 aromatic heterocycles. The Hall–Kier alpha value is -0.770. The van der Waals surface area contributed by atoms with Crippen molar-refractivity contribution in [3.8, 4) is 0 Å². The first-order chi connectivity index (χ1) is 8.17. The maximum Gasteiger partial charge on any atom is 0.410 e. The molecule has 1 amide bonds. The molecule has 18 heavy (non-hydrogen) atoms. The third kappa shape index (κ3) is 7.54. The summed E-state index contributed by atoms with van der Waals surface area (Å²) in [6.45, 7) is 13.2. The number of amides is 1. The number of unbranched alkanes of at least 4 members (excludes halogenated alkanes) is 1. The van der Waals surface area contributed by atoms with Gasteiger partial charge in [0.15, 0.2) is 0 Å². The molecule has 0 saturated carbocycles. The molecular weight excluding hydrogens is 228 g/mol. The summed E-state index contributed by atoms with van der Waals surface area (Å²) < 4.78 is 5.41. The predicted molar refractivity (Wildman–Crippen MR) is 75.5 cm³/mol. The van der Waals surface area contributed by atoms with Crippen LogP contribution in [-0.2, 0) is 4.74 Å². The monoisotopic (exact) mass is 258 g/mol. The quantitative estimate of drug-likeness (QED) is 0.796. The average molecular weight is 258 g/mol. The molecule has 0 spiro atoms. The lowest BCUT2D eigenvalue weighted by Gasteiger charge is -2.30. The second-order valence-corrected chi connectivity index (χ2v) is 6.19. The highest BCUT2D eigenvalue weighted by molar-refractivity contribution is 5.68.